The lowest BCUT2D eigenvalue weighted by Crippen LogP contribution is -2.47. The molecule has 2 heterocycles. The van der Waals surface area contributed by atoms with E-state index in [1.54, 1.807) is 26.0 Å². The molecule has 6 heteroatoms. The molecule has 2 aliphatic carbocycles. The van der Waals surface area contributed by atoms with Gasteiger partial charge in [0.15, 0.2) is 23.0 Å². The Hall–Kier alpha value is -2.76. The second-order valence-electron chi connectivity index (χ2n) is 8.89. The number of carbonyl (C=O) groups is 4. The fourth-order valence-corrected chi connectivity index (χ4v) is 4.89. The molecule has 0 N–H and O–H groups in total. The third-order valence-corrected chi connectivity index (χ3v) is 6.93. The second-order valence-corrected chi connectivity index (χ2v) is 8.89. The Bertz CT molecular complexity index is 964. The molecule has 4 aliphatic rings. The third-order valence-electron chi connectivity index (χ3n) is 6.93. The van der Waals surface area contributed by atoms with Crippen molar-refractivity contribution in [2.45, 2.75) is 46.1 Å². The summed E-state index contributed by atoms with van der Waals surface area (Å²) in [5.74, 6) is -3.23. The zero-order valence-corrected chi connectivity index (χ0v) is 17.6. The minimum absolute atomic E-state index is 0.0337. The van der Waals surface area contributed by atoms with Gasteiger partial charge in [-0.15, -0.1) is 0 Å². The van der Waals surface area contributed by atoms with E-state index in [9.17, 15) is 19.2 Å². The number of fused-ring (bicyclic) bond motifs is 3. The molecular formula is C24H26O6. The van der Waals surface area contributed by atoms with Gasteiger partial charge in [-0.3, -0.25) is 19.2 Å². The molecule has 6 nitrogen and oxygen atoms in total. The molecule has 0 spiro atoms. The summed E-state index contributed by atoms with van der Waals surface area (Å²) in [4.78, 5) is 51.1. The maximum absolute atomic E-state index is 13.0. The Morgan fingerprint density at radius 1 is 1.27 bits per heavy atom. The predicted molar refractivity (Wildman–Crippen MR) is 108 cm³/mol. The molecule has 0 saturated carbocycles. The van der Waals surface area contributed by atoms with Crippen molar-refractivity contribution >= 4 is 23.3 Å². The van der Waals surface area contributed by atoms with E-state index < -0.39 is 29.3 Å². The highest BCUT2D eigenvalue weighted by atomic mass is 16.6. The van der Waals surface area contributed by atoms with E-state index in [4.69, 9.17) is 9.47 Å². The van der Waals surface area contributed by atoms with Crippen LogP contribution in [0, 0.1) is 29.6 Å². The van der Waals surface area contributed by atoms with Crippen molar-refractivity contribution in [3.63, 3.8) is 0 Å². The van der Waals surface area contributed by atoms with Gasteiger partial charge in [0.05, 0.1) is 18.1 Å². The van der Waals surface area contributed by atoms with Crippen LogP contribution in [0.3, 0.4) is 0 Å². The van der Waals surface area contributed by atoms with Crippen molar-refractivity contribution in [3.8, 4) is 0 Å². The molecule has 6 unspecified atom stereocenters. The minimum atomic E-state index is -1.43. The Balaban J connectivity index is 1.74. The van der Waals surface area contributed by atoms with Crippen LogP contribution in [0.15, 0.2) is 47.5 Å². The van der Waals surface area contributed by atoms with Crippen molar-refractivity contribution < 1.29 is 28.7 Å². The molecule has 0 amide bonds. The van der Waals surface area contributed by atoms with Crippen LogP contribution in [0.5, 0.6) is 0 Å². The molecule has 0 bridgehead atoms. The number of allylic oxidation sites excluding steroid dienone is 5. The number of hydrogen-bond acceptors (Lipinski definition) is 6. The monoisotopic (exact) mass is 410 g/mol. The van der Waals surface area contributed by atoms with Crippen LogP contribution in [0.25, 0.3) is 0 Å². The number of ether oxygens (including phenoxy) is 2. The summed E-state index contributed by atoms with van der Waals surface area (Å²) in [7, 11) is 0. The Kier molecular flexibility index (Phi) is 4.91. The second kappa shape index (κ2) is 7.18. The SMILES string of the molecule is CCC(C)C(=O)C1C(=O)OC2(C)C(=O)C=C3C=C(C4C(=O)C=CCC4C)OC=C3C12. The first-order valence-corrected chi connectivity index (χ1v) is 10.5. The summed E-state index contributed by atoms with van der Waals surface area (Å²) in [6.45, 7) is 7.21. The van der Waals surface area contributed by atoms with Crippen LogP contribution in [0.1, 0.15) is 40.5 Å². The normalized spacial score (nSPS) is 36.0. The fourth-order valence-electron chi connectivity index (χ4n) is 4.89. The van der Waals surface area contributed by atoms with Crippen molar-refractivity contribution in [2.24, 2.45) is 29.6 Å². The fraction of sp³-hybridized carbons (Fsp3) is 0.500. The van der Waals surface area contributed by atoms with Crippen LogP contribution in [0.4, 0.5) is 0 Å². The van der Waals surface area contributed by atoms with Crippen molar-refractivity contribution in [2.75, 3.05) is 0 Å². The van der Waals surface area contributed by atoms with Gasteiger partial charge in [0.25, 0.3) is 0 Å². The Labute approximate surface area is 175 Å². The Morgan fingerprint density at radius 3 is 2.67 bits per heavy atom. The zero-order valence-electron chi connectivity index (χ0n) is 17.6. The van der Waals surface area contributed by atoms with Gasteiger partial charge in [-0.05, 0) is 49.5 Å². The lowest BCUT2D eigenvalue weighted by Gasteiger charge is -2.37. The lowest BCUT2D eigenvalue weighted by molar-refractivity contribution is -0.156. The quantitative estimate of drug-likeness (QED) is 0.522. The number of Topliss-reactive ketones (excluding diaryl/α,β-unsaturated/α-hetero) is 1. The summed E-state index contributed by atoms with van der Waals surface area (Å²) >= 11 is 0. The first kappa shape index (κ1) is 20.5. The van der Waals surface area contributed by atoms with Gasteiger partial charge in [0, 0.05) is 11.5 Å². The van der Waals surface area contributed by atoms with Crippen molar-refractivity contribution in [1.29, 1.82) is 0 Å². The smallest absolute Gasteiger partial charge is 0.318 e. The maximum atomic E-state index is 13.0. The molecule has 30 heavy (non-hydrogen) atoms. The molecule has 6 atom stereocenters. The highest BCUT2D eigenvalue weighted by molar-refractivity contribution is 6.10. The molecular weight excluding hydrogens is 384 g/mol. The molecule has 0 radical (unpaired) electrons. The van der Waals surface area contributed by atoms with Crippen LogP contribution >= 0.6 is 0 Å². The van der Waals surface area contributed by atoms with Crippen LogP contribution in [0.2, 0.25) is 0 Å². The number of rotatable bonds is 4. The zero-order chi connectivity index (χ0) is 21.8. The van der Waals surface area contributed by atoms with Gasteiger partial charge >= 0.3 is 5.97 Å². The largest absolute Gasteiger partial charge is 0.468 e. The van der Waals surface area contributed by atoms with E-state index >= 15 is 0 Å². The Morgan fingerprint density at radius 2 is 2.00 bits per heavy atom. The van der Waals surface area contributed by atoms with Gasteiger partial charge in [0.2, 0.25) is 0 Å². The van der Waals surface area contributed by atoms with E-state index in [1.165, 1.54) is 12.3 Å². The summed E-state index contributed by atoms with van der Waals surface area (Å²) in [5, 5.41) is 0. The first-order chi connectivity index (χ1) is 14.2. The van der Waals surface area contributed by atoms with E-state index in [0.29, 0.717) is 23.3 Å². The molecule has 2 aliphatic heterocycles. The number of ketones is 3. The van der Waals surface area contributed by atoms with Crippen LogP contribution < -0.4 is 0 Å². The highest BCUT2D eigenvalue weighted by Gasteiger charge is 2.62. The van der Waals surface area contributed by atoms with Crippen molar-refractivity contribution in [1.82, 2.24) is 0 Å². The predicted octanol–water partition coefficient (Wildman–Crippen LogP) is 3.24. The molecule has 0 aromatic heterocycles. The summed E-state index contributed by atoms with van der Waals surface area (Å²) < 4.78 is 11.4. The van der Waals surface area contributed by atoms with E-state index in [-0.39, 0.29) is 29.2 Å². The lowest BCUT2D eigenvalue weighted by atomic mass is 9.66. The summed E-state index contributed by atoms with van der Waals surface area (Å²) in [6.07, 6.45) is 9.41. The summed E-state index contributed by atoms with van der Waals surface area (Å²) in [6, 6.07) is 0. The van der Waals surface area contributed by atoms with E-state index in [0.717, 1.165) is 6.42 Å². The maximum Gasteiger partial charge on any atom is 0.318 e. The molecule has 4 rings (SSSR count). The van der Waals surface area contributed by atoms with Gasteiger partial charge < -0.3 is 9.47 Å². The molecule has 0 aromatic rings. The van der Waals surface area contributed by atoms with Gasteiger partial charge in [-0.1, -0.05) is 26.8 Å². The molecule has 1 fully saturated rings. The third kappa shape index (κ3) is 2.92. The van der Waals surface area contributed by atoms with E-state index in [2.05, 4.69) is 0 Å². The minimum Gasteiger partial charge on any atom is -0.468 e. The first-order valence-electron chi connectivity index (χ1n) is 10.5. The van der Waals surface area contributed by atoms with Gasteiger partial charge in [-0.2, -0.15) is 0 Å². The number of carbonyl (C=O) groups excluding carboxylic acids is 4. The molecule has 158 valence electrons. The topological polar surface area (TPSA) is 86.7 Å². The molecule has 1 saturated heterocycles. The van der Waals surface area contributed by atoms with Crippen molar-refractivity contribution in [3.05, 3.63) is 47.5 Å². The highest BCUT2D eigenvalue weighted by Crippen LogP contribution is 2.51. The van der Waals surface area contributed by atoms with E-state index in [1.807, 2.05) is 19.9 Å². The summed E-state index contributed by atoms with van der Waals surface area (Å²) in [5.41, 5.74) is -0.246. The molecule has 0 aromatic carbocycles. The van der Waals surface area contributed by atoms with Gasteiger partial charge in [-0.25, -0.2) is 0 Å². The van der Waals surface area contributed by atoms with Crippen LogP contribution in [-0.2, 0) is 28.7 Å². The average molecular weight is 410 g/mol. The number of hydrogen-bond donors (Lipinski definition) is 0. The van der Waals surface area contributed by atoms with Gasteiger partial charge in [0.1, 0.15) is 11.7 Å². The standard InChI is InChI=1S/C24H26O6/c1-5-12(2)22(27)20-21-15-11-29-17(19-13(3)7-6-8-16(19)25)9-14(15)10-18(26)24(21,4)30-23(20)28/h6,8-13,19-21H,5,7H2,1-4H3. The number of esters is 1. The van der Waals surface area contributed by atoms with Crippen LogP contribution in [-0.4, -0.2) is 28.9 Å². The average Bonchev–Trinajstić information content (AvgIpc) is 2.98.